The molecule has 1 unspecified atom stereocenters. The molecule has 0 aromatic carbocycles. The van der Waals surface area contributed by atoms with Gasteiger partial charge in [0.25, 0.3) is 0 Å². The van der Waals surface area contributed by atoms with E-state index in [1.807, 2.05) is 0 Å². The summed E-state index contributed by atoms with van der Waals surface area (Å²) in [5, 5.41) is 9.08. The number of rotatable bonds is 43. The quantitative estimate of drug-likeness (QED) is 0.0277. The molecule has 1 atom stereocenters. The van der Waals surface area contributed by atoms with Crippen LogP contribution in [0.4, 0.5) is 0 Å². The summed E-state index contributed by atoms with van der Waals surface area (Å²) in [7, 11) is 3.42. The molecule has 0 bridgehead atoms. The minimum Gasteiger partial charge on any atom is -0.356 e. The zero-order valence-electron chi connectivity index (χ0n) is 36.0. The summed E-state index contributed by atoms with van der Waals surface area (Å²) in [5.41, 5.74) is 5.56. The predicted molar refractivity (Wildman–Crippen MR) is 245 cm³/mol. The van der Waals surface area contributed by atoms with Gasteiger partial charge in [-0.1, -0.05) is 162 Å². The Morgan fingerprint density at radius 1 is 0.491 bits per heavy atom. The Morgan fingerprint density at radius 2 is 0.927 bits per heavy atom. The fourth-order valence-corrected chi connectivity index (χ4v) is 8.31. The van der Waals surface area contributed by atoms with E-state index in [-0.39, 0.29) is 17.7 Å². The van der Waals surface area contributed by atoms with Gasteiger partial charge >= 0.3 is 0 Å². The van der Waals surface area contributed by atoms with Crippen LogP contribution in [0.15, 0.2) is 24.3 Å². The summed E-state index contributed by atoms with van der Waals surface area (Å²) in [6.45, 7) is 6.35. The molecule has 0 spiro atoms. The third-order valence-electron chi connectivity index (χ3n) is 9.99. The Kier molecular flexibility index (Phi) is 44.1. The van der Waals surface area contributed by atoms with E-state index in [2.05, 4.69) is 54.1 Å². The zero-order valence-corrected chi connectivity index (χ0v) is 37.6. The molecular formula is C46H88N4O3S2. The molecule has 0 aliphatic carbocycles. The van der Waals surface area contributed by atoms with Gasteiger partial charge in [0.2, 0.25) is 17.7 Å². The van der Waals surface area contributed by atoms with E-state index in [4.69, 9.17) is 5.73 Å². The Bertz CT molecular complexity index is 918. The van der Waals surface area contributed by atoms with Crippen LogP contribution in [-0.2, 0) is 14.4 Å². The van der Waals surface area contributed by atoms with E-state index in [0.717, 1.165) is 62.9 Å². The van der Waals surface area contributed by atoms with Crippen molar-refractivity contribution in [2.75, 3.05) is 31.1 Å². The Balaban J connectivity index is 4.14. The minimum atomic E-state index is -0.538. The number of unbranched alkanes of at least 4 members (excludes halogenated alkanes) is 23. The lowest BCUT2D eigenvalue weighted by atomic mass is 10.1. The molecule has 0 saturated heterocycles. The van der Waals surface area contributed by atoms with Crippen molar-refractivity contribution in [1.29, 1.82) is 0 Å². The molecule has 3 amide bonds. The molecule has 55 heavy (non-hydrogen) atoms. The first-order chi connectivity index (χ1) is 27.0. The molecular weight excluding hydrogens is 721 g/mol. The van der Waals surface area contributed by atoms with E-state index in [0.29, 0.717) is 38.9 Å². The summed E-state index contributed by atoms with van der Waals surface area (Å²) in [6, 6.07) is -0.538. The highest BCUT2D eigenvalue weighted by atomic mass is 33.1. The second kappa shape index (κ2) is 45.3. The molecule has 9 heteroatoms. The maximum Gasteiger partial charge on any atom is 0.242 e. The molecule has 0 radical (unpaired) electrons. The van der Waals surface area contributed by atoms with Gasteiger partial charge < -0.3 is 21.7 Å². The Morgan fingerprint density at radius 3 is 1.42 bits per heavy atom. The average molecular weight is 809 g/mol. The van der Waals surface area contributed by atoms with Crippen molar-refractivity contribution in [2.45, 2.75) is 219 Å². The van der Waals surface area contributed by atoms with Gasteiger partial charge in [-0.05, 0) is 83.5 Å². The number of nitrogens with one attached hydrogen (secondary N) is 3. The highest BCUT2D eigenvalue weighted by molar-refractivity contribution is 8.76. The largest absolute Gasteiger partial charge is 0.356 e. The Labute approximate surface area is 348 Å². The SMILES string of the molecule is CCCCCCCC/C=C\CCCCCCCC(=O)NCCCCC(NC(=O)CCCCCCC/C=C\CCCCCCCC)C(=O)NCCSSCCN. The number of hydrogen-bond acceptors (Lipinski definition) is 6. The van der Waals surface area contributed by atoms with E-state index < -0.39 is 6.04 Å². The van der Waals surface area contributed by atoms with E-state index in [1.54, 1.807) is 21.6 Å². The number of amides is 3. The third kappa shape index (κ3) is 42.0. The standard InChI is InChI=1S/C46H88N4O3S2/c1-3-5-7-9-11-13-15-17-19-21-23-25-27-29-31-36-44(51)48-39-34-33-35-43(46(53)49-40-42-55-54-41-38-47)50-45(52)37-32-30-28-26-24-22-20-18-16-14-12-10-8-6-4-2/h17-20,43H,3-16,21-42,47H2,1-2H3,(H,48,51)(H,49,53)(H,50,52)/b19-17-,20-18-. The van der Waals surface area contributed by atoms with Crippen LogP contribution in [0.3, 0.4) is 0 Å². The van der Waals surface area contributed by atoms with Crippen molar-refractivity contribution in [3.63, 3.8) is 0 Å². The summed E-state index contributed by atoms with van der Waals surface area (Å²) >= 11 is 0. The monoisotopic (exact) mass is 809 g/mol. The second-order valence-electron chi connectivity index (χ2n) is 15.4. The van der Waals surface area contributed by atoms with Crippen LogP contribution in [-0.4, -0.2) is 54.9 Å². The molecule has 322 valence electrons. The van der Waals surface area contributed by atoms with Crippen LogP contribution in [0.25, 0.3) is 0 Å². The first-order valence-corrected chi connectivity index (χ1v) is 25.6. The fourth-order valence-electron chi connectivity index (χ4n) is 6.54. The van der Waals surface area contributed by atoms with Crippen LogP contribution >= 0.6 is 21.6 Å². The lowest BCUT2D eigenvalue weighted by molar-refractivity contribution is -0.129. The van der Waals surface area contributed by atoms with Crippen LogP contribution in [0.5, 0.6) is 0 Å². The van der Waals surface area contributed by atoms with Gasteiger partial charge in [0.1, 0.15) is 6.04 Å². The molecule has 7 nitrogen and oxygen atoms in total. The van der Waals surface area contributed by atoms with Gasteiger partial charge in [-0.25, -0.2) is 0 Å². The number of carbonyl (C=O) groups excluding carboxylic acids is 3. The number of nitrogens with two attached hydrogens (primary N) is 1. The van der Waals surface area contributed by atoms with E-state index in [9.17, 15) is 14.4 Å². The van der Waals surface area contributed by atoms with Crippen molar-refractivity contribution in [1.82, 2.24) is 16.0 Å². The van der Waals surface area contributed by atoms with Crippen LogP contribution < -0.4 is 21.7 Å². The van der Waals surface area contributed by atoms with Crippen LogP contribution in [0.2, 0.25) is 0 Å². The summed E-state index contributed by atoms with van der Waals surface area (Å²) in [5.74, 6) is 1.65. The van der Waals surface area contributed by atoms with Gasteiger partial charge in [-0.2, -0.15) is 0 Å². The van der Waals surface area contributed by atoms with E-state index >= 15 is 0 Å². The topological polar surface area (TPSA) is 113 Å². The minimum absolute atomic E-state index is 0.0427. The van der Waals surface area contributed by atoms with Gasteiger partial charge in [0.05, 0.1) is 0 Å². The molecule has 0 rings (SSSR count). The van der Waals surface area contributed by atoms with Gasteiger partial charge in [-0.3, -0.25) is 14.4 Å². The summed E-state index contributed by atoms with van der Waals surface area (Å²) < 4.78 is 0. The molecule has 5 N–H and O–H groups in total. The van der Waals surface area contributed by atoms with Crippen molar-refractivity contribution >= 4 is 39.3 Å². The molecule has 0 saturated carbocycles. The highest BCUT2D eigenvalue weighted by Crippen LogP contribution is 2.19. The fraction of sp³-hybridized carbons (Fsp3) is 0.848. The average Bonchev–Trinajstić information content (AvgIpc) is 3.18. The van der Waals surface area contributed by atoms with Crippen molar-refractivity contribution in [3.8, 4) is 0 Å². The molecule has 0 aliphatic heterocycles. The lowest BCUT2D eigenvalue weighted by Crippen LogP contribution is -2.47. The molecule has 0 fully saturated rings. The van der Waals surface area contributed by atoms with Gasteiger partial charge in [-0.15, -0.1) is 0 Å². The smallest absolute Gasteiger partial charge is 0.242 e. The third-order valence-corrected chi connectivity index (χ3v) is 12.4. The first kappa shape index (κ1) is 53.6. The molecule has 0 aliphatic rings. The molecule has 0 aromatic rings. The second-order valence-corrected chi connectivity index (χ2v) is 18.1. The van der Waals surface area contributed by atoms with Crippen molar-refractivity contribution in [3.05, 3.63) is 24.3 Å². The first-order valence-electron chi connectivity index (χ1n) is 23.1. The van der Waals surface area contributed by atoms with Crippen LogP contribution in [0.1, 0.15) is 213 Å². The maximum absolute atomic E-state index is 13.0. The molecule has 0 heterocycles. The Hall–Kier alpha value is -1.45. The molecule has 0 aromatic heterocycles. The van der Waals surface area contributed by atoms with Crippen LogP contribution in [0, 0.1) is 0 Å². The highest BCUT2D eigenvalue weighted by Gasteiger charge is 2.20. The van der Waals surface area contributed by atoms with Crippen molar-refractivity contribution < 1.29 is 14.4 Å². The number of hydrogen-bond donors (Lipinski definition) is 4. The summed E-state index contributed by atoms with van der Waals surface area (Å²) in [4.78, 5) is 38.2. The normalized spacial score (nSPS) is 12.1. The summed E-state index contributed by atoms with van der Waals surface area (Å²) in [6.07, 6.45) is 44.8. The lowest BCUT2D eigenvalue weighted by Gasteiger charge is -2.19. The number of allylic oxidation sites excluding steroid dienone is 4. The predicted octanol–water partition coefficient (Wildman–Crippen LogP) is 12.3. The van der Waals surface area contributed by atoms with E-state index in [1.165, 1.54) is 128 Å². The maximum atomic E-state index is 13.0. The number of carbonyl (C=O) groups is 3. The zero-order chi connectivity index (χ0) is 40.1. The van der Waals surface area contributed by atoms with Gasteiger partial charge in [0, 0.05) is 44.0 Å². The van der Waals surface area contributed by atoms with Gasteiger partial charge in [0.15, 0.2) is 0 Å². The van der Waals surface area contributed by atoms with Crippen molar-refractivity contribution in [2.24, 2.45) is 5.73 Å².